The Labute approximate surface area is 544 Å². The van der Waals surface area contributed by atoms with Crippen LogP contribution in [-0.2, 0) is 33.3 Å². The molecule has 0 amide bonds. The van der Waals surface area contributed by atoms with Crippen molar-refractivity contribution in [3.05, 3.63) is 260 Å². The van der Waals surface area contributed by atoms with Crippen LogP contribution in [0.4, 0.5) is 0 Å². The molecule has 0 spiro atoms. The predicted octanol–water partition coefficient (Wildman–Crippen LogP) is 8.76. The van der Waals surface area contributed by atoms with Gasteiger partial charge in [0.1, 0.15) is 6.72 Å². The highest BCUT2D eigenvalue weighted by Gasteiger charge is 2.19. The van der Waals surface area contributed by atoms with Crippen LogP contribution in [0.25, 0.3) is 31.3 Å². The zero-order valence-corrected chi connectivity index (χ0v) is 53.2. The number of likely N-dealkylation sites (N-methyl/N-ethyl adjacent to an activating group) is 1. The third kappa shape index (κ3) is 30.0. The number of carbonyl (C=O) groups excluding carboxylic acids is 3. The first-order valence-electron chi connectivity index (χ1n) is 28.0. The van der Waals surface area contributed by atoms with E-state index in [9.17, 15) is 50.6 Å². The Morgan fingerprint density at radius 2 is 1.06 bits per heavy atom. The summed E-state index contributed by atoms with van der Waals surface area (Å²) in [6.07, 6.45) is 19.1. The zero-order chi connectivity index (χ0) is 70.3. The highest BCUT2D eigenvalue weighted by atomic mass is 16.6. The molecular formula is C71H70N12O10+2. The minimum absolute atomic E-state index is 0.0418. The van der Waals surface area contributed by atoms with Crippen LogP contribution in [0.2, 0.25) is 0 Å². The van der Waals surface area contributed by atoms with Gasteiger partial charge in [-0.1, -0.05) is 109 Å². The monoisotopic (exact) mass is 1250 g/mol. The molecule has 3 N–H and O–H groups in total. The number of ether oxygens (including phenoxy) is 4. The van der Waals surface area contributed by atoms with E-state index in [-0.39, 0.29) is 68.6 Å². The number of nitrogens with zero attached hydrogens (tertiary/aromatic N) is 10. The summed E-state index contributed by atoms with van der Waals surface area (Å²) >= 11 is 0. The molecule has 0 saturated heterocycles. The molecular weight excluding hydrogens is 1180 g/mol. The molecule has 1 aliphatic heterocycles. The van der Waals surface area contributed by atoms with Crippen molar-refractivity contribution in [1.82, 2.24) is 4.90 Å². The van der Waals surface area contributed by atoms with Crippen LogP contribution in [0.3, 0.4) is 0 Å². The molecule has 0 aromatic heterocycles. The van der Waals surface area contributed by atoms with Crippen molar-refractivity contribution >= 4 is 47.3 Å². The van der Waals surface area contributed by atoms with E-state index in [1.54, 1.807) is 48.4 Å². The molecule has 2 aliphatic rings. The number of methoxy groups -OCH3 is 2. The SMILES string of the molecule is C1CC1.C=[NH+]CC(=O)O.CC[NH+](CC)CC.[C-]#[N+]/C(C#N)=C(/C(C#N)=C/C=C/OC)c1ccc(C)cc1.[C-]#[N+]\C(C#N)=C(/C(C#N)=C/C=C/C1=C([O-])O/C(=C/C=C/C=C(C#N)/C(=C(\C#N)[N+]#[C-])c2ccc(C)cc2)N1C)c1ccc(C(=O)OC)cc1.[CH2+]C(=O)OC(C)=O. The van der Waals surface area contributed by atoms with E-state index in [0.29, 0.717) is 22.3 Å². The number of hydrogen-bond acceptors (Lipinski definition) is 16. The molecule has 0 bridgehead atoms. The number of nitrogens with one attached hydrogen (secondary N) is 2. The quantitative estimate of drug-likeness (QED) is 0.0204. The smallest absolute Gasteiger partial charge is 0.501 e. The maximum Gasteiger partial charge on any atom is 0.501 e. The lowest BCUT2D eigenvalue weighted by molar-refractivity contribution is -0.894. The van der Waals surface area contributed by atoms with E-state index in [4.69, 9.17) is 44.3 Å². The number of allylic oxidation sites excluding steroid dienone is 18. The van der Waals surface area contributed by atoms with Gasteiger partial charge in [0.15, 0.2) is 6.92 Å². The molecule has 22 nitrogen and oxygen atoms in total. The third-order valence-corrected chi connectivity index (χ3v) is 11.9. The Bertz CT molecular complexity index is 3810. The first-order valence-corrected chi connectivity index (χ1v) is 28.0. The van der Waals surface area contributed by atoms with Gasteiger partial charge in [-0.2, -0.15) is 20.6 Å². The molecule has 1 heterocycles. The van der Waals surface area contributed by atoms with Gasteiger partial charge in [-0.25, -0.2) is 44.9 Å². The Kier molecular flexibility index (Phi) is 39.7. The van der Waals surface area contributed by atoms with Crippen LogP contribution < -0.4 is 15.0 Å². The molecule has 0 unspecified atom stereocenters. The van der Waals surface area contributed by atoms with E-state index in [2.05, 4.69) is 58.7 Å². The van der Waals surface area contributed by atoms with Gasteiger partial charge in [-0.05, 0) is 99.9 Å². The fraction of sp³-hybridized carbons (Fsp3) is 0.225. The number of aryl methyl sites for hydroxylation is 2. The van der Waals surface area contributed by atoms with Crippen LogP contribution >= 0.6 is 0 Å². The molecule has 0 radical (unpaired) electrons. The highest BCUT2D eigenvalue weighted by Crippen LogP contribution is 2.31. The van der Waals surface area contributed by atoms with Crippen molar-refractivity contribution in [2.45, 2.75) is 60.8 Å². The van der Waals surface area contributed by atoms with E-state index < -0.39 is 29.8 Å². The summed E-state index contributed by atoms with van der Waals surface area (Å²) in [7, 11) is 4.30. The molecule has 3 aromatic rings. The van der Waals surface area contributed by atoms with Gasteiger partial charge in [0.2, 0.25) is 6.54 Å². The first kappa shape index (κ1) is 80.0. The highest BCUT2D eigenvalue weighted by molar-refractivity contribution is 5.93. The largest absolute Gasteiger partial charge is 0.564 e. The summed E-state index contributed by atoms with van der Waals surface area (Å²) in [5.74, 6) is -3.44. The Balaban J connectivity index is 0.00000155. The summed E-state index contributed by atoms with van der Waals surface area (Å²) in [6, 6.07) is 31.8. The number of carbonyl (C=O) groups is 4. The van der Waals surface area contributed by atoms with Gasteiger partial charge < -0.3 is 39.0 Å². The summed E-state index contributed by atoms with van der Waals surface area (Å²) in [5, 5.41) is 77.7. The van der Waals surface area contributed by atoms with E-state index in [0.717, 1.165) is 18.1 Å². The van der Waals surface area contributed by atoms with E-state index in [1.165, 1.54) is 137 Å². The van der Waals surface area contributed by atoms with Crippen molar-refractivity contribution in [2.75, 3.05) is 47.4 Å². The van der Waals surface area contributed by atoms with Crippen LogP contribution in [0.5, 0.6) is 0 Å². The molecule has 93 heavy (non-hydrogen) atoms. The number of esters is 3. The zero-order valence-electron chi connectivity index (χ0n) is 53.2. The van der Waals surface area contributed by atoms with Crippen LogP contribution in [0, 0.1) is 108 Å². The minimum Gasteiger partial charge on any atom is -0.564 e. The fourth-order valence-corrected chi connectivity index (χ4v) is 7.08. The number of nitriles is 6. The van der Waals surface area contributed by atoms with Gasteiger partial charge in [-0.15, -0.1) is 0 Å². The topological polar surface area (TPSA) is 326 Å². The molecule has 1 saturated carbocycles. The minimum atomic E-state index is -0.884. The molecule has 22 heteroatoms. The maximum atomic E-state index is 12.7. The van der Waals surface area contributed by atoms with Crippen molar-refractivity contribution < 1.29 is 58.2 Å². The summed E-state index contributed by atoms with van der Waals surface area (Å²) < 4.78 is 18.7. The molecule has 3 aromatic carbocycles. The van der Waals surface area contributed by atoms with Gasteiger partial charge in [0.25, 0.3) is 17.1 Å². The average molecular weight is 1250 g/mol. The lowest BCUT2D eigenvalue weighted by atomic mass is 9.95. The van der Waals surface area contributed by atoms with Crippen LogP contribution in [0.15, 0.2) is 185 Å². The summed E-state index contributed by atoms with van der Waals surface area (Å²) in [5.41, 5.74) is 4.09. The van der Waals surface area contributed by atoms with Gasteiger partial charge in [-0.3, -0.25) is 4.79 Å². The van der Waals surface area contributed by atoms with Crippen LogP contribution in [0.1, 0.15) is 85.1 Å². The van der Waals surface area contributed by atoms with Gasteiger partial charge in [0.05, 0.1) is 136 Å². The molecule has 1 fully saturated rings. The second-order valence-electron chi connectivity index (χ2n) is 18.5. The maximum absolute atomic E-state index is 12.7. The van der Waals surface area contributed by atoms with Gasteiger partial charge >= 0.3 is 23.9 Å². The second kappa shape index (κ2) is 46.2. The normalized spacial score (nSPS) is 13.2. The standard InChI is InChI=1S/C38H25N7O4.C17H13N3O.C6H15N.C4H5O3.C3H5NO2.C3H6/c1-25-13-15-26(16-14-25)35(31(23-41)43-2)29(21-39)9-6-7-12-34-45(4)33(38(47)49-34)11-8-10-30(22-40)36(32(24-42)44-3)27-17-19-28(20-18-27)37(46)48-5;1-13-6-8-14(9-7-13)17(16(12-19)20-2)15(11-18)5-4-10-21-3;1-4-7(5-2)6-3;1-3(5)7-4(2)6;1-4-2-3(5)6;1-2-3-1/h6-20,47H,1,4-5H3;4-10H,1,3H3;4-6H2,1-3H3;1H2,2H3;1-2H2,(H,5,6);1-3H2/q;;;+1;;/p+1/b7-6+,11-8+,29-9+,30-10+,34-12+,35-31+,36-32-;10-4+,15-5+,17-16+;;;;. The number of aliphatic carboxylic acids is 1. The number of quaternary nitrogens is 1. The second-order valence-corrected chi connectivity index (χ2v) is 18.5. The van der Waals surface area contributed by atoms with Crippen molar-refractivity contribution in [3.8, 4) is 36.4 Å². The van der Waals surface area contributed by atoms with Crippen molar-refractivity contribution in [3.63, 3.8) is 0 Å². The lowest BCUT2D eigenvalue weighted by Gasteiger charge is -2.17. The first-order chi connectivity index (χ1) is 44.6. The third-order valence-electron chi connectivity index (χ3n) is 11.9. The van der Waals surface area contributed by atoms with Crippen molar-refractivity contribution in [2.24, 2.45) is 0 Å². The van der Waals surface area contributed by atoms with E-state index >= 15 is 0 Å². The van der Waals surface area contributed by atoms with E-state index in [1.807, 2.05) is 68.5 Å². The average Bonchev–Trinajstić information content (AvgIpc) is 1.75. The molecule has 472 valence electrons. The predicted molar refractivity (Wildman–Crippen MR) is 346 cm³/mol. The molecule has 1 aliphatic carbocycles. The summed E-state index contributed by atoms with van der Waals surface area (Å²) in [6.45, 7) is 43.2. The molecule has 0 atom stereocenters. The summed E-state index contributed by atoms with van der Waals surface area (Å²) in [4.78, 5) is 55.9. The van der Waals surface area contributed by atoms with Crippen LogP contribution in [-0.4, -0.2) is 88.0 Å². The van der Waals surface area contributed by atoms with Gasteiger partial charge in [0, 0.05) is 30.7 Å². The Hall–Kier alpha value is -13.0. The number of carboxylic acid groups (broad SMARTS) is 1. The number of benzene rings is 3. The Morgan fingerprint density at radius 1 is 0.677 bits per heavy atom. The number of rotatable bonds is 18. The Morgan fingerprint density at radius 3 is 1.34 bits per heavy atom. The molecule has 5 rings (SSSR count). The number of carboxylic acids is 1. The van der Waals surface area contributed by atoms with Crippen molar-refractivity contribution in [1.29, 1.82) is 31.6 Å². The fourth-order valence-electron chi connectivity index (χ4n) is 7.08. The number of hydrogen-bond donors (Lipinski definition) is 3. The lowest BCUT2D eigenvalue weighted by Crippen LogP contribution is -3.11.